The number of aryl methyl sites for hydroxylation is 2. The van der Waals surface area contributed by atoms with Crippen molar-refractivity contribution < 1.29 is 9.90 Å². The first-order chi connectivity index (χ1) is 9.11. The molecule has 0 saturated heterocycles. The van der Waals surface area contributed by atoms with Gasteiger partial charge in [0.15, 0.2) is 5.78 Å². The Bertz CT molecular complexity index is 595. The molecule has 0 aliphatic rings. The van der Waals surface area contributed by atoms with Gasteiger partial charge in [0, 0.05) is 11.8 Å². The molecule has 0 aliphatic carbocycles. The Morgan fingerprint density at radius 3 is 2.74 bits per heavy atom. The molecule has 0 saturated carbocycles. The summed E-state index contributed by atoms with van der Waals surface area (Å²) < 4.78 is 0. The highest BCUT2D eigenvalue weighted by molar-refractivity contribution is 6.00. The van der Waals surface area contributed by atoms with Gasteiger partial charge in [-0.2, -0.15) is 0 Å². The van der Waals surface area contributed by atoms with Gasteiger partial charge in [0.05, 0.1) is 18.7 Å². The zero-order chi connectivity index (χ0) is 13.8. The third-order valence-corrected chi connectivity index (χ3v) is 3.00. The Morgan fingerprint density at radius 1 is 1.32 bits per heavy atom. The third kappa shape index (κ3) is 3.03. The van der Waals surface area contributed by atoms with Crippen LogP contribution >= 0.6 is 0 Å². The third-order valence-electron chi connectivity index (χ3n) is 3.00. The standard InChI is InChI=1S/C15H16N2O2/c1-10-5-11(2)15(12(6-10)8-18)14(19)7-13-3-4-16-9-17-13/h3-6,9,18H,7-8H2,1-2H3. The number of carbonyl (C=O) groups is 1. The van der Waals surface area contributed by atoms with E-state index < -0.39 is 0 Å². The monoisotopic (exact) mass is 256 g/mol. The Balaban J connectivity index is 2.34. The molecule has 1 aromatic carbocycles. The van der Waals surface area contributed by atoms with Gasteiger partial charge in [0.25, 0.3) is 0 Å². The number of ketones is 1. The van der Waals surface area contributed by atoms with E-state index in [4.69, 9.17) is 0 Å². The molecule has 0 aliphatic heterocycles. The van der Waals surface area contributed by atoms with Crippen LogP contribution in [0.2, 0.25) is 0 Å². The molecule has 0 radical (unpaired) electrons. The molecule has 2 aromatic rings. The van der Waals surface area contributed by atoms with Gasteiger partial charge in [-0.05, 0) is 31.0 Å². The van der Waals surface area contributed by atoms with E-state index in [2.05, 4.69) is 9.97 Å². The fourth-order valence-electron chi connectivity index (χ4n) is 2.25. The van der Waals surface area contributed by atoms with Crippen LogP contribution in [0.5, 0.6) is 0 Å². The van der Waals surface area contributed by atoms with Crippen LogP contribution in [-0.2, 0) is 13.0 Å². The van der Waals surface area contributed by atoms with Gasteiger partial charge >= 0.3 is 0 Å². The molecule has 2 rings (SSSR count). The highest BCUT2D eigenvalue weighted by atomic mass is 16.3. The van der Waals surface area contributed by atoms with Crippen LogP contribution in [0.3, 0.4) is 0 Å². The number of hydrogen-bond acceptors (Lipinski definition) is 4. The molecular weight excluding hydrogens is 240 g/mol. The molecule has 0 unspecified atom stereocenters. The normalized spacial score (nSPS) is 10.5. The van der Waals surface area contributed by atoms with Gasteiger partial charge in [-0.25, -0.2) is 9.97 Å². The lowest BCUT2D eigenvalue weighted by Crippen LogP contribution is -2.11. The van der Waals surface area contributed by atoms with E-state index in [1.54, 1.807) is 12.3 Å². The summed E-state index contributed by atoms with van der Waals surface area (Å²) in [5.74, 6) is -0.0275. The highest BCUT2D eigenvalue weighted by Gasteiger charge is 2.15. The fraction of sp³-hybridized carbons (Fsp3) is 0.267. The summed E-state index contributed by atoms with van der Waals surface area (Å²) in [7, 11) is 0. The van der Waals surface area contributed by atoms with Crippen molar-refractivity contribution in [3.63, 3.8) is 0 Å². The summed E-state index contributed by atoms with van der Waals surface area (Å²) in [5.41, 5.74) is 3.90. The minimum absolute atomic E-state index is 0.0275. The summed E-state index contributed by atoms with van der Waals surface area (Å²) in [6.07, 6.45) is 3.27. The molecule has 98 valence electrons. The molecule has 0 atom stereocenters. The van der Waals surface area contributed by atoms with Crippen molar-refractivity contribution in [3.8, 4) is 0 Å². The lowest BCUT2D eigenvalue weighted by Gasteiger charge is -2.11. The Labute approximate surface area is 112 Å². The smallest absolute Gasteiger partial charge is 0.169 e. The molecule has 0 spiro atoms. The number of rotatable bonds is 4. The van der Waals surface area contributed by atoms with Crippen molar-refractivity contribution in [1.29, 1.82) is 0 Å². The maximum atomic E-state index is 12.4. The SMILES string of the molecule is Cc1cc(C)c(C(=O)Cc2ccncn2)c(CO)c1. The van der Waals surface area contributed by atoms with Crippen LogP contribution in [0.25, 0.3) is 0 Å². The topological polar surface area (TPSA) is 63.1 Å². The lowest BCUT2D eigenvalue weighted by molar-refractivity contribution is 0.0988. The quantitative estimate of drug-likeness (QED) is 0.850. The summed E-state index contributed by atoms with van der Waals surface area (Å²) in [5, 5.41) is 9.40. The van der Waals surface area contributed by atoms with Crippen molar-refractivity contribution >= 4 is 5.78 Å². The average molecular weight is 256 g/mol. The first kappa shape index (κ1) is 13.4. The number of aliphatic hydroxyl groups excluding tert-OH is 1. The maximum absolute atomic E-state index is 12.4. The minimum atomic E-state index is -0.132. The number of carbonyl (C=O) groups excluding carboxylic acids is 1. The molecule has 1 aromatic heterocycles. The van der Waals surface area contributed by atoms with Gasteiger partial charge in [-0.1, -0.05) is 17.7 Å². The van der Waals surface area contributed by atoms with Crippen LogP contribution in [0.4, 0.5) is 0 Å². The number of aliphatic hydroxyl groups is 1. The van der Waals surface area contributed by atoms with Crippen molar-refractivity contribution in [2.24, 2.45) is 0 Å². The molecule has 4 heteroatoms. The van der Waals surface area contributed by atoms with Crippen LogP contribution in [0.15, 0.2) is 30.7 Å². The second kappa shape index (κ2) is 5.71. The molecule has 0 fully saturated rings. The van der Waals surface area contributed by atoms with Gasteiger partial charge in [-0.15, -0.1) is 0 Å². The molecule has 1 heterocycles. The zero-order valence-corrected chi connectivity index (χ0v) is 11.1. The van der Waals surface area contributed by atoms with Gasteiger partial charge in [0.1, 0.15) is 6.33 Å². The largest absolute Gasteiger partial charge is 0.392 e. The first-order valence-electron chi connectivity index (χ1n) is 6.11. The lowest BCUT2D eigenvalue weighted by atomic mass is 9.94. The van der Waals surface area contributed by atoms with E-state index in [-0.39, 0.29) is 18.8 Å². The van der Waals surface area contributed by atoms with Crippen LogP contribution in [-0.4, -0.2) is 20.9 Å². The van der Waals surface area contributed by atoms with Crippen LogP contribution in [0, 0.1) is 13.8 Å². The molecule has 0 amide bonds. The second-order valence-electron chi connectivity index (χ2n) is 4.57. The molecule has 4 nitrogen and oxygen atoms in total. The summed E-state index contributed by atoms with van der Waals surface area (Å²) in [6, 6.07) is 5.52. The second-order valence-corrected chi connectivity index (χ2v) is 4.57. The Kier molecular flexibility index (Phi) is 4.02. The van der Waals surface area contributed by atoms with Crippen molar-refractivity contribution in [2.45, 2.75) is 26.9 Å². The summed E-state index contributed by atoms with van der Waals surface area (Å²) in [4.78, 5) is 20.2. The predicted molar refractivity (Wildman–Crippen MR) is 71.9 cm³/mol. The predicted octanol–water partition coefficient (Wildman–Crippen LogP) is 2.01. The zero-order valence-electron chi connectivity index (χ0n) is 11.1. The average Bonchev–Trinajstić information content (AvgIpc) is 2.38. The van der Waals surface area contributed by atoms with E-state index in [9.17, 15) is 9.90 Å². The Hall–Kier alpha value is -2.07. The van der Waals surface area contributed by atoms with E-state index in [0.29, 0.717) is 16.8 Å². The summed E-state index contributed by atoms with van der Waals surface area (Å²) in [6.45, 7) is 3.71. The molecule has 0 bridgehead atoms. The van der Waals surface area contributed by atoms with E-state index in [1.807, 2.05) is 26.0 Å². The van der Waals surface area contributed by atoms with Gasteiger partial charge in [0.2, 0.25) is 0 Å². The molecular formula is C15H16N2O2. The van der Waals surface area contributed by atoms with Gasteiger partial charge < -0.3 is 5.11 Å². The number of benzene rings is 1. The maximum Gasteiger partial charge on any atom is 0.169 e. The molecule has 1 N–H and O–H groups in total. The van der Waals surface area contributed by atoms with Crippen molar-refractivity contribution in [3.05, 3.63) is 58.7 Å². The highest BCUT2D eigenvalue weighted by Crippen LogP contribution is 2.19. The van der Waals surface area contributed by atoms with Crippen molar-refractivity contribution in [1.82, 2.24) is 9.97 Å². The number of hydrogen-bond donors (Lipinski definition) is 1. The molecule has 19 heavy (non-hydrogen) atoms. The fourth-order valence-corrected chi connectivity index (χ4v) is 2.25. The van der Waals surface area contributed by atoms with Crippen molar-refractivity contribution in [2.75, 3.05) is 0 Å². The first-order valence-corrected chi connectivity index (χ1v) is 6.11. The van der Waals surface area contributed by atoms with E-state index >= 15 is 0 Å². The van der Waals surface area contributed by atoms with Crippen LogP contribution in [0.1, 0.15) is 32.7 Å². The minimum Gasteiger partial charge on any atom is -0.392 e. The summed E-state index contributed by atoms with van der Waals surface area (Å²) >= 11 is 0. The van der Waals surface area contributed by atoms with E-state index in [1.165, 1.54) is 6.33 Å². The van der Waals surface area contributed by atoms with Crippen LogP contribution < -0.4 is 0 Å². The number of nitrogens with zero attached hydrogens (tertiary/aromatic N) is 2. The Morgan fingerprint density at radius 2 is 2.11 bits per heavy atom. The number of Topliss-reactive ketones (excluding diaryl/α,β-unsaturated/α-hetero) is 1. The van der Waals surface area contributed by atoms with E-state index in [0.717, 1.165) is 11.1 Å². The number of aromatic nitrogens is 2. The van der Waals surface area contributed by atoms with Gasteiger partial charge in [-0.3, -0.25) is 4.79 Å².